The van der Waals surface area contributed by atoms with Crippen LogP contribution in [0.25, 0.3) is 11.3 Å². The topological polar surface area (TPSA) is 62.2 Å². The molecule has 0 aliphatic rings. The summed E-state index contributed by atoms with van der Waals surface area (Å²) in [5.74, 6) is -0.927. The SMILES string of the molecule is CCc1ccc(-c2csc(Nc3ccc(C(=O)O)cc3)n2)cc1. The summed E-state index contributed by atoms with van der Waals surface area (Å²) < 4.78 is 0. The van der Waals surface area contributed by atoms with Crippen molar-refractivity contribution in [3.63, 3.8) is 0 Å². The van der Waals surface area contributed by atoms with E-state index in [9.17, 15) is 4.79 Å². The Balaban J connectivity index is 1.74. The van der Waals surface area contributed by atoms with Gasteiger partial charge in [-0.15, -0.1) is 11.3 Å². The minimum Gasteiger partial charge on any atom is -0.478 e. The van der Waals surface area contributed by atoms with E-state index >= 15 is 0 Å². The first-order valence-electron chi connectivity index (χ1n) is 7.31. The number of hydrogen-bond acceptors (Lipinski definition) is 4. The zero-order valence-corrected chi connectivity index (χ0v) is 13.4. The van der Waals surface area contributed by atoms with E-state index in [4.69, 9.17) is 5.11 Å². The summed E-state index contributed by atoms with van der Waals surface area (Å²) >= 11 is 1.52. The predicted octanol–water partition coefficient (Wildman–Crippen LogP) is 4.81. The van der Waals surface area contributed by atoms with Crippen molar-refractivity contribution in [3.8, 4) is 11.3 Å². The number of rotatable bonds is 5. The number of carbonyl (C=O) groups is 1. The Morgan fingerprint density at radius 2 is 1.83 bits per heavy atom. The van der Waals surface area contributed by atoms with Crippen LogP contribution in [-0.2, 0) is 6.42 Å². The minimum atomic E-state index is -0.927. The molecule has 0 amide bonds. The van der Waals surface area contributed by atoms with Gasteiger partial charge in [-0.1, -0.05) is 31.2 Å². The highest BCUT2D eigenvalue weighted by Gasteiger charge is 2.06. The zero-order chi connectivity index (χ0) is 16.2. The highest BCUT2D eigenvalue weighted by atomic mass is 32.1. The van der Waals surface area contributed by atoms with Gasteiger partial charge >= 0.3 is 5.97 Å². The lowest BCUT2D eigenvalue weighted by molar-refractivity contribution is 0.0697. The molecule has 0 radical (unpaired) electrons. The van der Waals surface area contributed by atoms with Crippen LogP contribution in [0.15, 0.2) is 53.9 Å². The minimum absolute atomic E-state index is 0.270. The Morgan fingerprint density at radius 3 is 2.43 bits per heavy atom. The molecule has 0 atom stereocenters. The summed E-state index contributed by atoms with van der Waals surface area (Å²) in [6.45, 7) is 2.13. The van der Waals surface area contributed by atoms with Gasteiger partial charge in [-0.05, 0) is 36.2 Å². The highest BCUT2D eigenvalue weighted by molar-refractivity contribution is 7.14. The Bertz CT molecular complexity index is 808. The van der Waals surface area contributed by atoms with Crippen molar-refractivity contribution in [1.29, 1.82) is 0 Å². The molecule has 0 bridgehead atoms. The highest BCUT2D eigenvalue weighted by Crippen LogP contribution is 2.27. The Labute approximate surface area is 138 Å². The lowest BCUT2D eigenvalue weighted by Gasteiger charge is -2.03. The lowest BCUT2D eigenvalue weighted by Crippen LogP contribution is -1.96. The summed E-state index contributed by atoms with van der Waals surface area (Å²) in [4.78, 5) is 15.4. The summed E-state index contributed by atoms with van der Waals surface area (Å²) in [5.41, 5.74) is 4.42. The molecular formula is C18H16N2O2S. The van der Waals surface area contributed by atoms with Crippen LogP contribution in [0.3, 0.4) is 0 Å². The second kappa shape index (κ2) is 6.62. The number of nitrogens with one attached hydrogen (secondary N) is 1. The fourth-order valence-electron chi connectivity index (χ4n) is 2.19. The summed E-state index contributed by atoms with van der Waals surface area (Å²) in [6.07, 6.45) is 1.02. The van der Waals surface area contributed by atoms with Crippen LogP contribution in [0.1, 0.15) is 22.8 Å². The third-order valence-corrected chi connectivity index (χ3v) is 4.30. The van der Waals surface area contributed by atoms with Gasteiger partial charge in [0.1, 0.15) is 0 Å². The smallest absolute Gasteiger partial charge is 0.335 e. The maximum absolute atomic E-state index is 10.8. The molecule has 0 fully saturated rings. The largest absolute Gasteiger partial charge is 0.478 e. The molecule has 0 aliphatic heterocycles. The van der Waals surface area contributed by atoms with Crippen LogP contribution in [0, 0.1) is 0 Å². The number of anilines is 2. The van der Waals surface area contributed by atoms with Crippen molar-refractivity contribution >= 4 is 28.1 Å². The molecule has 0 saturated heterocycles. The van der Waals surface area contributed by atoms with E-state index in [1.165, 1.54) is 16.9 Å². The Kier molecular flexibility index (Phi) is 4.39. The number of aromatic nitrogens is 1. The maximum Gasteiger partial charge on any atom is 0.335 e. The van der Waals surface area contributed by atoms with Crippen LogP contribution >= 0.6 is 11.3 Å². The number of carboxylic acid groups (broad SMARTS) is 1. The number of aromatic carboxylic acids is 1. The molecule has 1 heterocycles. The molecule has 0 saturated carbocycles. The second-order valence-corrected chi connectivity index (χ2v) is 5.95. The quantitative estimate of drug-likeness (QED) is 0.706. The number of aryl methyl sites for hydroxylation is 1. The van der Waals surface area contributed by atoms with Gasteiger partial charge in [0.05, 0.1) is 11.3 Å². The van der Waals surface area contributed by atoms with Gasteiger partial charge < -0.3 is 10.4 Å². The first kappa shape index (κ1) is 15.2. The average molecular weight is 324 g/mol. The molecule has 0 aliphatic carbocycles. The van der Waals surface area contributed by atoms with Crippen molar-refractivity contribution in [1.82, 2.24) is 4.98 Å². The molecule has 4 nitrogen and oxygen atoms in total. The van der Waals surface area contributed by atoms with Gasteiger partial charge in [0.15, 0.2) is 5.13 Å². The van der Waals surface area contributed by atoms with Crippen LogP contribution in [0.2, 0.25) is 0 Å². The van der Waals surface area contributed by atoms with Gasteiger partial charge in [-0.3, -0.25) is 0 Å². The van der Waals surface area contributed by atoms with E-state index in [0.717, 1.165) is 28.5 Å². The Hall–Kier alpha value is -2.66. The molecule has 0 unspecified atom stereocenters. The normalized spacial score (nSPS) is 10.5. The van der Waals surface area contributed by atoms with Gasteiger partial charge in [-0.25, -0.2) is 9.78 Å². The van der Waals surface area contributed by atoms with Crippen molar-refractivity contribution in [2.45, 2.75) is 13.3 Å². The standard InChI is InChI=1S/C18H16N2O2S/c1-2-12-3-5-13(6-4-12)16-11-23-18(20-16)19-15-9-7-14(8-10-15)17(21)22/h3-11H,2H2,1H3,(H,19,20)(H,21,22). The van der Waals surface area contributed by atoms with Crippen LogP contribution in [0.5, 0.6) is 0 Å². The molecular weight excluding hydrogens is 308 g/mol. The molecule has 0 spiro atoms. The van der Waals surface area contributed by atoms with E-state index < -0.39 is 5.97 Å². The van der Waals surface area contributed by atoms with Crippen molar-refractivity contribution in [2.24, 2.45) is 0 Å². The molecule has 2 N–H and O–H groups in total. The summed E-state index contributed by atoms with van der Waals surface area (Å²) in [6, 6.07) is 15.0. The molecule has 116 valence electrons. The fourth-order valence-corrected chi connectivity index (χ4v) is 2.93. The molecule has 3 rings (SSSR count). The monoisotopic (exact) mass is 324 g/mol. The molecule has 1 aromatic heterocycles. The second-order valence-electron chi connectivity index (χ2n) is 5.10. The van der Waals surface area contributed by atoms with E-state index in [2.05, 4.69) is 41.5 Å². The van der Waals surface area contributed by atoms with Crippen molar-refractivity contribution < 1.29 is 9.90 Å². The van der Waals surface area contributed by atoms with E-state index in [1.54, 1.807) is 24.3 Å². The van der Waals surface area contributed by atoms with Crippen molar-refractivity contribution in [2.75, 3.05) is 5.32 Å². The third-order valence-electron chi connectivity index (χ3n) is 3.55. The number of hydrogen-bond donors (Lipinski definition) is 2. The number of carboxylic acids is 1. The average Bonchev–Trinajstić information content (AvgIpc) is 3.04. The van der Waals surface area contributed by atoms with Crippen molar-refractivity contribution in [3.05, 3.63) is 65.0 Å². The van der Waals surface area contributed by atoms with Gasteiger partial charge in [-0.2, -0.15) is 0 Å². The fraction of sp³-hybridized carbons (Fsp3) is 0.111. The van der Waals surface area contributed by atoms with Gasteiger partial charge in [0, 0.05) is 16.6 Å². The molecule has 3 aromatic rings. The first-order valence-corrected chi connectivity index (χ1v) is 8.19. The van der Waals surface area contributed by atoms with E-state index in [1.807, 2.05) is 5.38 Å². The van der Waals surface area contributed by atoms with Crippen LogP contribution < -0.4 is 5.32 Å². The molecule has 2 aromatic carbocycles. The maximum atomic E-state index is 10.8. The molecule has 5 heteroatoms. The van der Waals surface area contributed by atoms with Gasteiger partial charge in [0.25, 0.3) is 0 Å². The number of nitrogens with zero attached hydrogens (tertiary/aromatic N) is 1. The summed E-state index contributed by atoms with van der Waals surface area (Å²) in [7, 11) is 0. The van der Waals surface area contributed by atoms with Crippen LogP contribution in [-0.4, -0.2) is 16.1 Å². The van der Waals surface area contributed by atoms with Gasteiger partial charge in [0.2, 0.25) is 0 Å². The third kappa shape index (κ3) is 3.57. The molecule has 23 heavy (non-hydrogen) atoms. The van der Waals surface area contributed by atoms with E-state index in [0.29, 0.717) is 0 Å². The number of benzene rings is 2. The Morgan fingerprint density at radius 1 is 1.13 bits per heavy atom. The summed E-state index contributed by atoms with van der Waals surface area (Å²) in [5, 5.41) is 14.9. The number of thiazole rings is 1. The lowest BCUT2D eigenvalue weighted by atomic mass is 10.1. The zero-order valence-electron chi connectivity index (χ0n) is 12.6. The van der Waals surface area contributed by atoms with Crippen LogP contribution in [0.4, 0.5) is 10.8 Å². The first-order chi connectivity index (χ1) is 11.2. The predicted molar refractivity (Wildman–Crippen MR) is 93.6 cm³/mol. The van der Waals surface area contributed by atoms with E-state index in [-0.39, 0.29) is 5.56 Å².